The van der Waals surface area contributed by atoms with Crippen molar-refractivity contribution in [3.8, 4) is 0 Å². The average Bonchev–Trinajstić information content (AvgIpc) is 2.99. The summed E-state index contributed by atoms with van der Waals surface area (Å²) in [6.07, 6.45) is 3.51. The molecule has 4 heteroatoms. The van der Waals surface area contributed by atoms with Crippen LogP contribution in [0.2, 0.25) is 0 Å². The molecule has 1 aromatic carbocycles. The molecular formula is C16H21BrN2O. The van der Waals surface area contributed by atoms with Gasteiger partial charge in [-0.3, -0.25) is 4.79 Å². The zero-order chi connectivity index (χ0) is 14.3. The number of carbonyl (C=O) groups is 1. The van der Waals surface area contributed by atoms with Crippen molar-refractivity contribution in [2.24, 2.45) is 23.5 Å². The normalized spacial score (nSPS) is 33.1. The molecule has 0 aliphatic heterocycles. The van der Waals surface area contributed by atoms with E-state index in [2.05, 4.69) is 21.2 Å². The third kappa shape index (κ3) is 2.40. The first-order valence-electron chi connectivity index (χ1n) is 7.38. The van der Waals surface area contributed by atoms with E-state index < -0.39 is 0 Å². The first-order chi connectivity index (χ1) is 9.58. The maximum atomic E-state index is 12.5. The molecule has 5 atom stereocenters. The molecule has 20 heavy (non-hydrogen) atoms. The summed E-state index contributed by atoms with van der Waals surface area (Å²) >= 11 is 3.54. The van der Waals surface area contributed by atoms with Gasteiger partial charge in [-0.25, -0.2) is 0 Å². The van der Waals surface area contributed by atoms with E-state index in [1.54, 1.807) is 0 Å². The van der Waals surface area contributed by atoms with Crippen molar-refractivity contribution in [1.29, 1.82) is 0 Å². The van der Waals surface area contributed by atoms with Crippen LogP contribution in [-0.4, -0.2) is 11.9 Å². The average molecular weight is 337 g/mol. The van der Waals surface area contributed by atoms with Crippen LogP contribution in [0.4, 0.5) is 0 Å². The number of hydrogen-bond acceptors (Lipinski definition) is 2. The minimum Gasteiger partial charge on any atom is -0.349 e. The third-order valence-electron chi connectivity index (χ3n) is 5.01. The molecule has 0 radical (unpaired) electrons. The van der Waals surface area contributed by atoms with Crippen molar-refractivity contribution >= 4 is 21.8 Å². The molecule has 3 rings (SSSR count). The van der Waals surface area contributed by atoms with Gasteiger partial charge in [0.05, 0.1) is 12.0 Å². The molecular weight excluding hydrogens is 316 g/mol. The van der Waals surface area contributed by atoms with Crippen LogP contribution in [0, 0.1) is 17.8 Å². The van der Waals surface area contributed by atoms with Crippen LogP contribution in [0.5, 0.6) is 0 Å². The molecule has 2 bridgehead atoms. The van der Waals surface area contributed by atoms with Gasteiger partial charge in [-0.2, -0.15) is 0 Å². The summed E-state index contributed by atoms with van der Waals surface area (Å²) in [7, 11) is 0. The summed E-state index contributed by atoms with van der Waals surface area (Å²) in [6, 6.07) is 8.07. The number of nitrogens with one attached hydrogen (secondary N) is 1. The summed E-state index contributed by atoms with van der Waals surface area (Å²) in [5, 5.41) is 3.15. The number of hydrogen-bond donors (Lipinski definition) is 2. The second-order valence-corrected chi connectivity index (χ2v) is 7.04. The molecule has 3 N–H and O–H groups in total. The van der Waals surface area contributed by atoms with Crippen LogP contribution in [0.3, 0.4) is 0 Å². The lowest BCUT2D eigenvalue weighted by molar-refractivity contribution is -0.127. The predicted octanol–water partition coefficient (Wildman–Crippen LogP) is 3.00. The minimum atomic E-state index is 0.00408. The van der Waals surface area contributed by atoms with Gasteiger partial charge in [-0.05, 0) is 49.7 Å². The smallest absolute Gasteiger partial charge is 0.225 e. The molecule has 0 aromatic heterocycles. The van der Waals surface area contributed by atoms with E-state index in [1.807, 2.05) is 31.2 Å². The highest BCUT2D eigenvalue weighted by atomic mass is 79.9. The van der Waals surface area contributed by atoms with Gasteiger partial charge in [0.25, 0.3) is 0 Å². The Morgan fingerprint density at radius 2 is 2.05 bits per heavy atom. The second kappa shape index (κ2) is 5.49. The van der Waals surface area contributed by atoms with Crippen LogP contribution < -0.4 is 11.1 Å². The Bertz CT molecular complexity index is 517. The van der Waals surface area contributed by atoms with Gasteiger partial charge in [0.1, 0.15) is 0 Å². The topological polar surface area (TPSA) is 55.1 Å². The van der Waals surface area contributed by atoms with E-state index in [1.165, 1.54) is 12.8 Å². The predicted molar refractivity (Wildman–Crippen MR) is 83.0 cm³/mol. The molecule has 0 saturated heterocycles. The molecule has 3 nitrogen and oxygen atoms in total. The quantitative estimate of drug-likeness (QED) is 0.891. The van der Waals surface area contributed by atoms with E-state index >= 15 is 0 Å². The van der Waals surface area contributed by atoms with Crippen molar-refractivity contribution in [2.45, 2.75) is 38.3 Å². The van der Waals surface area contributed by atoms with Crippen LogP contribution in [0.15, 0.2) is 28.7 Å². The Balaban J connectivity index is 1.69. The van der Waals surface area contributed by atoms with Crippen molar-refractivity contribution in [2.75, 3.05) is 0 Å². The highest BCUT2D eigenvalue weighted by Gasteiger charge is 2.49. The Morgan fingerprint density at radius 1 is 1.35 bits per heavy atom. The fraction of sp³-hybridized carbons (Fsp3) is 0.562. The Hall–Kier alpha value is -0.870. The van der Waals surface area contributed by atoms with Gasteiger partial charge >= 0.3 is 0 Å². The number of nitrogens with two attached hydrogens (primary N) is 1. The lowest BCUT2D eigenvalue weighted by atomic mass is 9.84. The van der Waals surface area contributed by atoms with Crippen LogP contribution in [0.25, 0.3) is 0 Å². The van der Waals surface area contributed by atoms with Crippen molar-refractivity contribution in [3.05, 3.63) is 34.3 Å². The van der Waals surface area contributed by atoms with Gasteiger partial charge in [0.2, 0.25) is 5.91 Å². The largest absolute Gasteiger partial charge is 0.349 e. The minimum absolute atomic E-state index is 0.00408. The number of halogens is 1. The molecule has 108 valence electrons. The monoisotopic (exact) mass is 336 g/mol. The van der Waals surface area contributed by atoms with Crippen LogP contribution >= 0.6 is 15.9 Å². The highest BCUT2D eigenvalue weighted by Crippen LogP contribution is 2.47. The zero-order valence-electron chi connectivity index (χ0n) is 11.7. The molecule has 1 aromatic rings. The maximum absolute atomic E-state index is 12.5. The van der Waals surface area contributed by atoms with Gasteiger partial charge in [0, 0.05) is 10.5 Å². The summed E-state index contributed by atoms with van der Waals surface area (Å²) in [5.41, 5.74) is 7.35. The number of carbonyl (C=O) groups excluding carboxylic acids is 1. The summed E-state index contributed by atoms with van der Waals surface area (Å²) < 4.78 is 1.03. The van der Waals surface area contributed by atoms with E-state index in [-0.39, 0.29) is 23.9 Å². The lowest BCUT2D eigenvalue weighted by Crippen LogP contribution is -2.45. The van der Waals surface area contributed by atoms with Crippen molar-refractivity contribution in [3.63, 3.8) is 0 Å². The van der Waals surface area contributed by atoms with Crippen molar-refractivity contribution in [1.82, 2.24) is 5.32 Å². The Labute approximate surface area is 128 Å². The fourth-order valence-corrected chi connectivity index (χ4v) is 4.57. The standard InChI is InChI=1S/C16H21BrN2O/c1-9(12-4-2-3-5-13(12)17)19-16(20)14-10-6-7-11(8-10)15(14)18/h2-5,9-11,14-15H,6-8,18H2,1H3,(H,19,20)/t9-,10?,11?,14?,15?/m0/s1. The number of rotatable bonds is 3. The summed E-state index contributed by atoms with van der Waals surface area (Å²) in [4.78, 5) is 12.5. The molecule has 0 spiro atoms. The number of amides is 1. The second-order valence-electron chi connectivity index (χ2n) is 6.19. The first-order valence-corrected chi connectivity index (χ1v) is 8.17. The lowest BCUT2D eigenvalue weighted by Gasteiger charge is -2.28. The van der Waals surface area contributed by atoms with Gasteiger partial charge < -0.3 is 11.1 Å². The van der Waals surface area contributed by atoms with Gasteiger partial charge in [-0.15, -0.1) is 0 Å². The highest BCUT2D eigenvalue weighted by molar-refractivity contribution is 9.10. The first kappa shape index (κ1) is 14.1. The van der Waals surface area contributed by atoms with E-state index in [4.69, 9.17) is 5.73 Å². The van der Waals surface area contributed by atoms with E-state index in [0.29, 0.717) is 11.8 Å². The SMILES string of the molecule is C[C@H](NC(=O)C1C2CCC(C2)C1N)c1ccccc1Br. The summed E-state index contributed by atoms with van der Waals surface area (Å²) in [6.45, 7) is 2.02. The maximum Gasteiger partial charge on any atom is 0.225 e. The molecule has 2 fully saturated rings. The third-order valence-corrected chi connectivity index (χ3v) is 5.74. The van der Waals surface area contributed by atoms with Gasteiger partial charge in [-0.1, -0.05) is 34.1 Å². The van der Waals surface area contributed by atoms with E-state index in [9.17, 15) is 4.79 Å². The molecule has 2 aliphatic carbocycles. The fourth-order valence-electron chi connectivity index (χ4n) is 3.94. The molecule has 2 aliphatic rings. The number of benzene rings is 1. The molecule has 4 unspecified atom stereocenters. The van der Waals surface area contributed by atoms with Gasteiger partial charge in [0.15, 0.2) is 0 Å². The van der Waals surface area contributed by atoms with Crippen LogP contribution in [0.1, 0.15) is 37.8 Å². The van der Waals surface area contributed by atoms with E-state index in [0.717, 1.165) is 16.5 Å². The molecule has 2 saturated carbocycles. The molecule has 1 amide bonds. The van der Waals surface area contributed by atoms with Crippen LogP contribution in [-0.2, 0) is 4.79 Å². The zero-order valence-corrected chi connectivity index (χ0v) is 13.3. The number of fused-ring (bicyclic) bond motifs is 2. The summed E-state index contributed by atoms with van der Waals surface area (Å²) in [5.74, 6) is 1.21. The Morgan fingerprint density at radius 3 is 2.70 bits per heavy atom. The molecule has 0 heterocycles. The van der Waals surface area contributed by atoms with Crippen molar-refractivity contribution < 1.29 is 4.79 Å². The Kier molecular flexibility index (Phi) is 3.87.